The first-order chi connectivity index (χ1) is 19.0. The molecule has 0 radical (unpaired) electrons. The number of nitrogens with zero attached hydrogens (tertiary/aromatic N) is 3. The first kappa shape index (κ1) is 26.7. The van der Waals surface area contributed by atoms with Gasteiger partial charge in [-0.2, -0.15) is 0 Å². The molecule has 3 aromatic rings. The smallest absolute Gasteiger partial charge is 0.269 e. The van der Waals surface area contributed by atoms with Crippen LogP contribution < -0.4 is 4.74 Å². The lowest BCUT2D eigenvalue weighted by Gasteiger charge is -2.30. The third kappa shape index (κ3) is 6.23. The van der Waals surface area contributed by atoms with E-state index < -0.39 is 4.92 Å². The van der Waals surface area contributed by atoms with E-state index >= 15 is 0 Å². The number of nitro groups is 1. The van der Waals surface area contributed by atoms with E-state index in [-0.39, 0.29) is 24.2 Å². The van der Waals surface area contributed by atoms with Crippen molar-refractivity contribution in [2.75, 3.05) is 0 Å². The van der Waals surface area contributed by atoms with Crippen molar-refractivity contribution in [2.45, 2.75) is 58.1 Å². The highest BCUT2D eigenvalue weighted by atomic mass is 32.2. The third-order valence-electron chi connectivity index (χ3n) is 7.11. The number of para-hydroxylation sites is 2. The number of hydrogen-bond donors (Lipinski definition) is 0. The number of aryl methyl sites for hydroxylation is 1. The molecule has 1 amide bonds. The summed E-state index contributed by atoms with van der Waals surface area (Å²) >= 11 is 1.42. The number of nitro benzene ring substituents is 1. The Balaban J connectivity index is 1.42. The summed E-state index contributed by atoms with van der Waals surface area (Å²) in [5.74, 6) is 0.632. The Morgan fingerprint density at radius 1 is 1.03 bits per heavy atom. The highest BCUT2D eigenvalue weighted by Gasteiger charge is 2.38. The average Bonchev–Trinajstić information content (AvgIpc) is 3.27. The average molecular weight is 542 g/mol. The van der Waals surface area contributed by atoms with Crippen LogP contribution in [0.3, 0.4) is 0 Å². The van der Waals surface area contributed by atoms with Crippen LogP contribution in [-0.2, 0) is 17.8 Å². The maximum Gasteiger partial charge on any atom is 0.269 e. The zero-order valence-corrected chi connectivity index (χ0v) is 22.7. The van der Waals surface area contributed by atoms with E-state index in [4.69, 9.17) is 9.73 Å². The van der Waals surface area contributed by atoms with Gasteiger partial charge in [0.05, 0.1) is 15.5 Å². The van der Waals surface area contributed by atoms with Gasteiger partial charge in [-0.25, -0.2) is 4.99 Å². The quantitative estimate of drug-likeness (QED) is 0.166. The highest BCUT2D eigenvalue weighted by molar-refractivity contribution is 8.18. The van der Waals surface area contributed by atoms with Crippen LogP contribution in [0.1, 0.15) is 55.7 Å². The van der Waals surface area contributed by atoms with Gasteiger partial charge in [-0.3, -0.25) is 19.8 Å². The normalized spacial score (nSPS) is 18.2. The molecule has 1 saturated carbocycles. The first-order valence-corrected chi connectivity index (χ1v) is 14.2. The lowest BCUT2D eigenvalue weighted by Crippen LogP contribution is -2.40. The molecule has 1 aliphatic carbocycles. The number of carbonyl (C=O) groups is 1. The van der Waals surface area contributed by atoms with Crippen molar-refractivity contribution in [2.24, 2.45) is 4.99 Å². The Labute approximate surface area is 232 Å². The minimum Gasteiger partial charge on any atom is -0.488 e. The number of carbonyl (C=O) groups excluding carboxylic acids is 1. The van der Waals surface area contributed by atoms with Crippen LogP contribution in [0.15, 0.2) is 82.7 Å². The van der Waals surface area contributed by atoms with Gasteiger partial charge < -0.3 is 4.74 Å². The molecule has 1 aliphatic heterocycles. The van der Waals surface area contributed by atoms with Crippen LogP contribution >= 0.6 is 11.8 Å². The molecule has 7 nitrogen and oxygen atoms in total. The fourth-order valence-corrected chi connectivity index (χ4v) is 6.04. The largest absolute Gasteiger partial charge is 0.488 e. The third-order valence-corrected chi connectivity index (χ3v) is 8.10. The lowest BCUT2D eigenvalue weighted by molar-refractivity contribution is -0.384. The summed E-state index contributed by atoms with van der Waals surface area (Å²) in [7, 11) is 0. The first-order valence-electron chi connectivity index (χ1n) is 13.4. The minimum absolute atomic E-state index is 0.00944. The molecule has 1 heterocycles. The van der Waals surface area contributed by atoms with Gasteiger partial charge in [-0.1, -0.05) is 62.6 Å². The predicted octanol–water partition coefficient (Wildman–Crippen LogP) is 7.67. The van der Waals surface area contributed by atoms with Crippen LogP contribution in [0, 0.1) is 10.1 Å². The van der Waals surface area contributed by atoms with Crippen molar-refractivity contribution in [1.82, 2.24) is 4.90 Å². The van der Waals surface area contributed by atoms with Crippen LogP contribution in [0.25, 0.3) is 6.08 Å². The molecule has 0 N–H and O–H groups in total. The molecule has 8 heteroatoms. The van der Waals surface area contributed by atoms with Gasteiger partial charge in [-0.05, 0) is 72.5 Å². The van der Waals surface area contributed by atoms with E-state index in [1.54, 1.807) is 12.1 Å². The molecule has 0 spiro atoms. The molecule has 0 unspecified atom stereocenters. The summed E-state index contributed by atoms with van der Waals surface area (Å²) in [6, 6.07) is 22.2. The monoisotopic (exact) mass is 541 g/mol. The number of non-ortho nitro benzene ring substituents is 1. The number of thioether (sulfide) groups is 1. The molecule has 0 atom stereocenters. The van der Waals surface area contributed by atoms with Gasteiger partial charge in [0.1, 0.15) is 12.4 Å². The summed E-state index contributed by atoms with van der Waals surface area (Å²) in [5, 5.41) is 11.7. The highest BCUT2D eigenvalue weighted by Crippen LogP contribution is 2.39. The molecule has 39 heavy (non-hydrogen) atoms. The van der Waals surface area contributed by atoms with Crippen molar-refractivity contribution in [3.05, 3.63) is 105 Å². The molecular formula is C31H31N3O4S. The van der Waals surface area contributed by atoms with Crippen molar-refractivity contribution in [3.63, 3.8) is 0 Å². The number of hydrogen-bond acceptors (Lipinski definition) is 6. The number of amidine groups is 1. The second-order valence-corrected chi connectivity index (χ2v) is 10.7. The summed E-state index contributed by atoms with van der Waals surface area (Å²) < 4.78 is 6.09. The summed E-state index contributed by atoms with van der Waals surface area (Å²) in [6.45, 7) is 2.37. The molecule has 1 saturated heterocycles. The van der Waals surface area contributed by atoms with Gasteiger partial charge in [0.15, 0.2) is 5.17 Å². The standard InChI is InChI=1S/C31H31N3O4S/c1-2-23-10-6-8-14-27(23)32-31-33(25-12-4-3-5-13-25)30(35)29(39-31)20-24-11-7-9-15-28(24)38-21-22-16-18-26(19-17-22)34(36)37/h6-11,14-20,25H,2-5,12-13,21H2,1H3/b29-20+,32-31?. The van der Waals surface area contributed by atoms with Gasteiger partial charge in [-0.15, -0.1) is 0 Å². The Morgan fingerprint density at radius 2 is 1.74 bits per heavy atom. The molecule has 5 rings (SSSR count). The Kier molecular flexibility index (Phi) is 8.42. The van der Waals surface area contributed by atoms with Crippen molar-refractivity contribution in [1.29, 1.82) is 0 Å². The molecule has 200 valence electrons. The van der Waals surface area contributed by atoms with E-state index in [0.717, 1.165) is 59.6 Å². The second-order valence-electron chi connectivity index (χ2n) is 9.70. The number of rotatable bonds is 8. The van der Waals surface area contributed by atoms with E-state index in [9.17, 15) is 14.9 Å². The van der Waals surface area contributed by atoms with Crippen molar-refractivity contribution in [3.8, 4) is 5.75 Å². The number of amides is 1. The van der Waals surface area contributed by atoms with Gasteiger partial charge >= 0.3 is 0 Å². The molecule has 2 fully saturated rings. The van der Waals surface area contributed by atoms with E-state index in [0.29, 0.717) is 10.7 Å². The molecule has 3 aromatic carbocycles. The summed E-state index contributed by atoms with van der Waals surface area (Å²) in [6.07, 6.45) is 8.19. The minimum atomic E-state index is -0.419. The van der Waals surface area contributed by atoms with Crippen molar-refractivity contribution >= 4 is 40.3 Å². The lowest BCUT2D eigenvalue weighted by atomic mass is 9.94. The number of benzene rings is 3. The summed E-state index contributed by atoms with van der Waals surface area (Å²) in [4.78, 5) is 31.9. The van der Waals surface area contributed by atoms with Gasteiger partial charge in [0.25, 0.3) is 11.6 Å². The molecule has 0 bridgehead atoms. The van der Waals surface area contributed by atoms with Crippen molar-refractivity contribution < 1.29 is 14.5 Å². The van der Waals surface area contributed by atoms with E-state index in [1.165, 1.54) is 30.3 Å². The van der Waals surface area contributed by atoms with Crippen LogP contribution in [0.2, 0.25) is 0 Å². The topological polar surface area (TPSA) is 85.0 Å². The SMILES string of the molecule is CCc1ccccc1N=C1S/C(=C/c2ccccc2OCc2ccc([N+](=O)[O-])cc2)C(=O)N1C1CCCCC1. The maximum absolute atomic E-state index is 13.8. The fourth-order valence-electron chi connectivity index (χ4n) is 5.00. The fraction of sp³-hybridized carbons (Fsp3) is 0.290. The van der Waals surface area contributed by atoms with E-state index in [2.05, 4.69) is 13.0 Å². The van der Waals surface area contributed by atoms with Crippen LogP contribution in [0.4, 0.5) is 11.4 Å². The molecular weight excluding hydrogens is 510 g/mol. The molecule has 0 aromatic heterocycles. The van der Waals surface area contributed by atoms with Gasteiger partial charge in [0.2, 0.25) is 0 Å². The Hall–Kier alpha value is -3.91. The number of ether oxygens (including phenoxy) is 1. The maximum atomic E-state index is 13.8. The Bertz CT molecular complexity index is 1410. The zero-order chi connectivity index (χ0) is 27.2. The van der Waals surface area contributed by atoms with Crippen LogP contribution in [0.5, 0.6) is 5.75 Å². The predicted molar refractivity (Wildman–Crippen MR) is 156 cm³/mol. The second kappa shape index (κ2) is 12.3. The van der Waals surface area contributed by atoms with Crippen LogP contribution in [-0.4, -0.2) is 26.9 Å². The van der Waals surface area contributed by atoms with E-state index in [1.807, 2.05) is 53.4 Å². The molecule has 2 aliphatic rings. The van der Waals surface area contributed by atoms with Gasteiger partial charge in [0, 0.05) is 23.7 Å². The number of aliphatic imine (C=N–C) groups is 1. The zero-order valence-electron chi connectivity index (χ0n) is 21.9. The Morgan fingerprint density at radius 3 is 2.49 bits per heavy atom. The summed E-state index contributed by atoms with van der Waals surface area (Å²) in [5.41, 5.74) is 3.73.